The van der Waals surface area contributed by atoms with E-state index >= 15 is 0 Å². The van der Waals surface area contributed by atoms with Gasteiger partial charge in [0.05, 0.1) is 0 Å². The molecule has 1 atom stereocenters. The monoisotopic (exact) mass is 271 g/mol. The van der Waals surface area contributed by atoms with Gasteiger partial charge < -0.3 is 10.4 Å². The summed E-state index contributed by atoms with van der Waals surface area (Å²) in [6, 6.07) is 14.6. The van der Waals surface area contributed by atoms with Gasteiger partial charge in [-0.1, -0.05) is 36.4 Å². The average molecular weight is 271 g/mol. The normalized spacial score (nSPS) is 20.9. The van der Waals surface area contributed by atoms with Crippen LogP contribution in [0.15, 0.2) is 48.5 Å². The predicted molar refractivity (Wildman–Crippen MR) is 76.8 cm³/mol. The number of hydrogen-bond acceptors (Lipinski definition) is 2. The summed E-state index contributed by atoms with van der Waals surface area (Å²) in [5.74, 6) is -0.228. The van der Waals surface area contributed by atoms with E-state index in [1.54, 1.807) is 6.07 Å². The number of fused-ring (bicyclic) bond motifs is 1. The van der Waals surface area contributed by atoms with Crippen molar-refractivity contribution in [3.05, 3.63) is 71.0 Å². The number of rotatable bonds is 4. The SMILES string of the molecule is OC1(CNCc2cccc(F)c2)CCc2ccccc21. The number of aliphatic hydroxyl groups is 1. The fourth-order valence-electron chi connectivity index (χ4n) is 2.91. The second kappa shape index (κ2) is 5.35. The summed E-state index contributed by atoms with van der Waals surface area (Å²) in [6.45, 7) is 1.04. The third-order valence-electron chi connectivity index (χ3n) is 3.96. The summed E-state index contributed by atoms with van der Waals surface area (Å²) in [6.07, 6.45) is 1.65. The molecule has 2 N–H and O–H groups in total. The van der Waals surface area contributed by atoms with Crippen molar-refractivity contribution >= 4 is 0 Å². The van der Waals surface area contributed by atoms with Crippen molar-refractivity contribution in [2.75, 3.05) is 6.54 Å². The third kappa shape index (κ3) is 2.60. The molecule has 0 saturated carbocycles. The first-order valence-electron chi connectivity index (χ1n) is 6.93. The minimum atomic E-state index is -0.802. The molecule has 1 unspecified atom stereocenters. The Labute approximate surface area is 118 Å². The number of hydrogen-bond donors (Lipinski definition) is 2. The van der Waals surface area contributed by atoms with Crippen LogP contribution in [0.5, 0.6) is 0 Å². The van der Waals surface area contributed by atoms with E-state index in [9.17, 15) is 9.50 Å². The fourth-order valence-corrected chi connectivity index (χ4v) is 2.91. The molecule has 2 aromatic rings. The van der Waals surface area contributed by atoms with Crippen LogP contribution in [0.25, 0.3) is 0 Å². The smallest absolute Gasteiger partial charge is 0.123 e. The van der Waals surface area contributed by atoms with Gasteiger partial charge in [-0.25, -0.2) is 4.39 Å². The molecule has 3 rings (SSSR count). The molecule has 0 radical (unpaired) electrons. The number of aryl methyl sites for hydroxylation is 1. The average Bonchev–Trinajstić information content (AvgIpc) is 2.78. The Hall–Kier alpha value is -1.71. The summed E-state index contributed by atoms with van der Waals surface area (Å²) in [5, 5.41) is 14.0. The van der Waals surface area contributed by atoms with Gasteiger partial charge in [-0.2, -0.15) is 0 Å². The Morgan fingerprint density at radius 3 is 2.85 bits per heavy atom. The molecule has 3 heteroatoms. The highest BCUT2D eigenvalue weighted by Gasteiger charge is 2.35. The molecule has 2 aromatic carbocycles. The van der Waals surface area contributed by atoms with Gasteiger partial charge in [-0.05, 0) is 41.7 Å². The molecule has 0 fully saturated rings. The highest BCUT2D eigenvalue weighted by Crippen LogP contribution is 2.36. The summed E-state index contributed by atoms with van der Waals surface area (Å²) >= 11 is 0. The third-order valence-corrected chi connectivity index (χ3v) is 3.96. The van der Waals surface area contributed by atoms with E-state index in [2.05, 4.69) is 11.4 Å². The van der Waals surface area contributed by atoms with Gasteiger partial charge >= 0.3 is 0 Å². The Balaban J connectivity index is 1.64. The van der Waals surface area contributed by atoms with Crippen LogP contribution >= 0.6 is 0 Å². The molecule has 0 heterocycles. The molecule has 1 aliphatic carbocycles. The number of nitrogens with one attached hydrogen (secondary N) is 1. The largest absolute Gasteiger partial charge is 0.384 e. The zero-order valence-corrected chi connectivity index (χ0v) is 11.3. The van der Waals surface area contributed by atoms with Gasteiger partial charge in [-0.3, -0.25) is 0 Å². The number of halogens is 1. The van der Waals surface area contributed by atoms with E-state index in [0.29, 0.717) is 13.1 Å². The maximum Gasteiger partial charge on any atom is 0.123 e. The van der Waals surface area contributed by atoms with Crippen molar-refractivity contribution in [2.24, 2.45) is 0 Å². The minimum absolute atomic E-state index is 0.228. The molecule has 20 heavy (non-hydrogen) atoms. The van der Waals surface area contributed by atoms with E-state index in [1.165, 1.54) is 17.7 Å². The first-order valence-corrected chi connectivity index (χ1v) is 6.93. The van der Waals surface area contributed by atoms with Crippen LogP contribution in [-0.2, 0) is 18.6 Å². The molecule has 0 aliphatic heterocycles. The first kappa shape index (κ1) is 13.3. The van der Waals surface area contributed by atoms with E-state index in [4.69, 9.17) is 0 Å². The van der Waals surface area contributed by atoms with Crippen LogP contribution in [0.4, 0.5) is 4.39 Å². The van der Waals surface area contributed by atoms with Gasteiger partial charge in [0.2, 0.25) is 0 Å². The van der Waals surface area contributed by atoms with Crippen LogP contribution in [0.1, 0.15) is 23.1 Å². The van der Waals surface area contributed by atoms with Gasteiger partial charge in [0.1, 0.15) is 11.4 Å². The molecule has 1 aliphatic rings. The fraction of sp³-hybridized carbons (Fsp3) is 0.294. The van der Waals surface area contributed by atoms with Crippen LogP contribution in [-0.4, -0.2) is 11.7 Å². The molecular weight excluding hydrogens is 253 g/mol. The predicted octanol–water partition coefficient (Wildman–Crippen LogP) is 2.75. The molecule has 0 amide bonds. The Morgan fingerprint density at radius 1 is 1.15 bits per heavy atom. The Morgan fingerprint density at radius 2 is 2.00 bits per heavy atom. The second-order valence-corrected chi connectivity index (χ2v) is 5.42. The zero-order valence-electron chi connectivity index (χ0n) is 11.3. The Kier molecular flexibility index (Phi) is 3.55. The highest BCUT2D eigenvalue weighted by atomic mass is 19.1. The van der Waals surface area contributed by atoms with Crippen molar-refractivity contribution in [3.8, 4) is 0 Å². The lowest BCUT2D eigenvalue weighted by Crippen LogP contribution is -2.36. The maximum absolute atomic E-state index is 13.1. The lowest BCUT2D eigenvalue weighted by Gasteiger charge is -2.24. The zero-order chi connectivity index (χ0) is 14.0. The highest BCUT2D eigenvalue weighted by molar-refractivity contribution is 5.37. The molecule has 0 aromatic heterocycles. The first-order chi connectivity index (χ1) is 9.67. The maximum atomic E-state index is 13.1. The van der Waals surface area contributed by atoms with Gasteiger partial charge in [-0.15, -0.1) is 0 Å². The van der Waals surface area contributed by atoms with Gasteiger partial charge in [0.25, 0.3) is 0 Å². The van der Waals surface area contributed by atoms with Gasteiger partial charge in [0.15, 0.2) is 0 Å². The van der Waals surface area contributed by atoms with Gasteiger partial charge in [0, 0.05) is 13.1 Å². The quantitative estimate of drug-likeness (QED) is 0.896. The lowest BCUT2D eigenvalue weighted by molar-refractivity contribution is 0.0384. The van der Waals surface area contributed by atoms with E-state index < -0.39 is 5.60 Å². The van der Waals surface area contributed by atoms with Crippen LogP contribution in [0.3, 0.4) is 0 Å². The Bertz CT molecular complexity index is 613. The molecule has 0 saturated heterocycles. The van der Waals surface area contributed by atoms with Crippen LogP contribution < -0.4 is 5.32 Å². The van der Waals surface area contributed by atoms with Crippen molar-refractivity contribution in [3.63, 3.8) is 0 Å². The van der Waals surface area contributed by atoms with Crippen molar-refractivity contribution in [1.29, 1.82) is 0 Å². The molecule has 2 nitrogen and oxygen atoms in total. The molecule has 0 bridgehead atoms. The standard InChI is InChI=1S/C17H18FNO/c18-15-6-3-4-13(10-15)11-19-12-17(20)9-8-14-5-1-2-7-16(14)17/h1-7,10,19-20H,8-9,11-12H2. The van der Waals surface area contributed by atoms with E-state index in [-0.39, 0.29) is 5.82 Å². The summed E-state index contributed by atoms with van der Waals surface area (Å²) in [4.78, 5) is 0. The number of benzene rings is 2. The van der Waals surface area contributed by atoms with Crippen molar-refractivity contribution < 1.29 is 9.50 Å². The summed E-state index contributed by atoms with van der Waals surface area (Å²) in [7, 11) is 0. The van der Waals surface area contributed by atoms with Crippen LogP contribution in [0, 0.1) is 5.82 Å². The van der Waals surface area contributed by atoms with E-state index in [1.807, 2.05) is 24.3 Å². The summed E-state index contributed by atoms with van der Waals surface area (Å²) < 4.78 is 13.1. The van der Waals surface area contributed by atoms with E-state index in [0.717, 1.165) is 24.0 Å². The van der Waals surface area contributed by atoms with Crippen LogP contribution in [0.2, 0.25) is 0 Å². The van der Waals surface area contributed by atoms with Crippen molar-refractivity contribution in [2.45, 2.75) is 25.0 Å². The van der Waals surface area contributed by atoms with Crippen molar-refractivity contribution in [1.82, 2.24) is 5.32 Å². The lowest BCUT2D eigenvalue weighted by atomic mass is 9.96. The second-order valence-electron chi connectivity index (χ2n) is 5.42. The molecular formula is C17H18FNO. The molecule has 0 spiro atoms. The summed E-state index contributed by atoms with van der Waals surface area (Å²) in [5.41, 5.74) is 2.33. The molecule has 104 valence electrons. The minimum Gasteiger partial charge on any atom is -0.384 e. The topological polar surface area (TPSA) is 32.3 Å².